The molecule has 9 heavy (non-hydrogen) atoms. The Morgan fingerprint density at radius 3 is 1.44 bits per heavy atom. The molecular formula is C4BBr2O2. The van der Waals surface area contributed by atoms with Gasteiger partial charge in [-0.05, 0) is 31.9 Å². The molecule has 45 valence electrons. The molecule has 1 radical (unpaired) electrons. The van der Waals surface area contributed by atoms with Gasteiger partial charge in [-0.3, -0.25) is 0 Å². The summed E-state index contributed by atoms with van der Waals surface area (Å²) in [5.74, 6) is 0. The van der Waals surface area contributed by atoms with Gasteiger partial charge in [0.25, 0.3) is 0 Å². The van der Waals surface area contributed by atoms with Crippen LogP contribution in [-0.4, -0.2) is 18.6 Å². The molecular weight excluding hydrogens is 251 g/mol. The van der Waals surface area contributed by atoms with Crippen LogP contribution in [0.1, 0.15) is 0 Å². The average Bonchev–Trinajstić information content (AvgIpc) is 1.98. The number of carbonyl (C=O) groups is 2. The Morgan fingerprint density at radius 2 is 1.33 bits per heavy atom. The second-order valence-electron chi connectivity index (χ2n) is 1.50. The fraction of sp³-hybridized carbons (Fsp3) is 0. The fourth-order valence-electron chi connectivity index (χ4n) is 0.462. The summed E-state index contributed by atoms with van der Waals surface area (Å²) >= 11 is 5.88. The topological polar surface area (TPSA) is 34.1 Å². The summed E-state index contributed by atoms with van der Waals surface area (Å²) in [5, 5.41) is 0. The van der Waals surface area contributed by atoms with E-state index in [0.717, 1.165) is 7.28 Å². The van der Waals surface area contributed by atoms with Crippen molar-refractivity contribution in [2.24, 2.45) is 0 Å². The summed E-state index contributed by atoms with van der Waals surface area (Å²) in [4.78, 5) is 21.2. The van der Waals surface area contributed by atoms with E-state index in [-0.39, 0.29) is 11.4 Å². The maximum atomic E-state index is 10.6. The van der Waals surface area contributed by atoms with E-state index in [0.29, 0.717) is 8.96 Å². The normalized spacial score (nSPS) is 18.9. The van der Waals surface area contributed by atoms with Gasteiger partial charge in [0.1, 0.15) is 11.4 Å². The van der Waals surface area contributed by atoms with Crippen LogP contribution in [0.15, 0.2) is 8.96 Å². The smallest absolute Gasteiger partial charge is 0.305 e. The third-order valence-corrected chi connectivity index (χ3v) is 2.99. The minimum absolute atomic E-state index is 0.271. The van der Waals surface area contributed by atoms with Crippen molar-refractivity contribution in [3.05, 3.63) is 8.96 Å². The van der Waals surface area contributed by atoms with Crippen LogP contribution in [0, 0.1) is 0 Å². The lowest BCUT2D eigenvalue weighted by Crippen LogP contribution is -2.09. The van der Waals surface area contributed by atoms with E-state index >= 15 is 0 Å². The van der Waals surface area contributed by atoms with Gasteiger partial charge in [0.2, 0.25) is 0 Å². The van der Waals surface area contributed by atoms with Crippen LogP contribution in [0.3, 0.4) is 0 Å². The van der Waals surface area contributed by atoms with Crippen LogP contribution < -0.4 is 0 Å². The Bertz CT molecular complexity index is 199. The highest BCUT2D eigenvalue weighted by molar-refractivity contribution is 9.14. The fourth-order valence-corrected chi connectivity index (χ4v) is 1.08. The van der Waals surface area contributed by atoms with Crippen molar-refractivity contribution in [2.45, 2.75) is 0 Å². The van der Waals surface area contributed by atoms with Crippen molar-refractivity contribution in [1.29, 1.82) is 0 Å². The van der Waals surface area contributed by atoms with Crippen LogP contribution in [-0.2, 0) is 9.59 Å². The van der Waals surface area contributed by atoms with E-state index < -0.39 is 0 Å². The first-order valence-corrected chi connectivity index (χ1v) is 3.70. The van der Waals surface area contributed by atoms with E-state index in [2.05, 4.69) is 31.9 Å². The van der Waals surface area contributed by atoms with Gasteiger partial charge in [-0.2, -0.15) is 0 Å². The largest absolute Gasteiger partial charge is 0.305 e. The van der Waals surface area contributed by atoms with Gasteiger partial charge < -0.3 is 9.59 Å². The zero-order valence-electron chi connectivity index (χ0n) is 4.15. The molecule has 2 nitrogen and oxygen atoms in total. The van der Waals surface area contributed by atoms with Crippen molar-refractivity contribution < 1.29 is 9.59 Å². The number of halogens is 2. The molecule has 1 heterocycles. The van der Waals surface area contributed by atoms with Crippen LogP contribution >= 0.6 is 31.9 Å². The summed E-state index contributed by atoms with van der Waals surface area (Å²) < 4.78 is 0.625. The molecule has 0 amide bonds. The number of rotatable bonds is 0. The highest BCUT2D eigenvalue weighted by Crippen LogP contribution is 2.24. The van der Waals surface area contributed by atoms with E-state index in [9.17, 15) is 9.59 Å². The van der Waals surface area contributed by atoms with Crippen LogP contribution in [0.2, 0.25) is 0 Å². The van der Waals surface area contributed by atoms with Gasteiger partial charge >= 0.3 is 7.28 Å². The summed E-state index contributed by atoms with van der Waals surface area (Å²) in [5.41, 5.74) is -0.543. The molecule has 0 atom stereocenters. The quantitative estimate of drug-likeness (QED) is 0.595. The lowest BCUT2D eigenvalue weighted by Gasteiger charge is -1.82. The summed E-state index contributed by atoms with van der Waals surface area (Å²) in [7, 11) is 1.04. The second-order valence-corrected chi connectivity index (χ2v) is 3.09. The number of carbonyl (C=O) groups excluding carboxylic acids is 2. The van der Waals surface area contributed by atoms with E-state index in [1.807, 2.05) is 0 Å². The molecule has 0 unspecified atom stereocenters. The summed E-state index contributed by atoms with van der Waals surface area (Å²) in [6.07, 6.45) is 0. The Morgan fingerprint density at radius 1 is 1.00 bits per heavy atom. The standard InChI is InChI=1S/C4BBr2O2/c6-1-2(7)4(9)5-3(1)8. The van der Waals surface area contributed by atoms with Crippen molar-refractivity contribution in [2.75, 3.05) is 0 Å². The molecule has 1 aliphatic rings. The predicted molar refractivity (Wildman–Crippen MR) is 40.6 cm³/mol. The molecule has 0 aromatic carbocycles. The Hall–Kier alpha value is 0.105. The van der Waals surface area contributed by atoms with Crippen molar-refractivity contribution in [3.63, 3.8) is 0 Å². The number of hydrogen-bond acceptors (Lipinski definition) is 2. The van der Waals surface area contributed by atoms with Gasteiger partial charge in [-0.25, -0.2) is 0 Å². The van der Waals surface area contributed by atoms with Crippen molar-refractivity contribution in [3.8, 4) is 0 Å². The molecule has 0 spiro atoms. The Balaban J connectivity index is 3.06. The minimum Gasteiger partial charge on any atom is -0.305 e. The lowest BCUT2D eigenvalue weighted by molar-refractivity contribution is -0.109. The first-order valence-electron chi connectivity index (χ1n) is 2.11. The first kappa shape index (κ1) is 7.21. The van der Waals surface area contributed by atoms with Gasteiger partial charge in [-0.1, -0.05) is 0 Å². The molecule has 1 aliphatic heterocycles. The monoisotopic (exact) mass is 249 g/mol. The van der Waals surface area contributed by atoms with Gasteiger partial charge in [0, 0.05) is 0 Å². The maximum Gasteiger partial charge on any atom is 0.305 e. The third kappa shape index (κ3) is 1.16. The molecule has 0 bridgehead atoms. The molecule has 0 aromatic heterocycles. The Kier molecular flexibility index (Phi) is 1.91. The van der Waals surface area contributed by atoms with E-state index in [1.165, 1.54) is 0 Å². The SMILES string of the molecule is O=C1[B]C(=O)C(Br)=C1Br. The summed E-state index contributed by atoms with van der Waals surface area (Å²) in [6.45, 7) is 0. The second kappa shape index (κ2) is 2.38. The van der Waals surface area contributed by atoms with Crippen LogP contribution in [0.4, 0.5) is 0 Å². The van der Waals surface area contributed by atoms with Crippen LogP contribution in [0.25, 0.3) is 0 Å². The molecule has 0 saturated carbocycles. The minimum atomic E-state index is -0.271. The van der Waals surface area contributed by atoms with E-state index in [1.54, 1.807) is 0 Å². The van der Waals surface area contributed by atoms with Gasteiger partial charge in [0.05, 0.1) is 8.96 Å². The lowest BCUT2D eigenvalue weighted by atomic mass is 9.74. The highest BCUT2D eigenvalue weighted by atomic mass is 79.9. The molecule has 0 fully saturated rings. The maximum absolute atomic E-state index is 10.6. The van der Waals surface area contributed by atoms with Gasteiger partial charge in [0.15, 0.2) is 0 Å². The molecule has 5 heteroatoms. The zero-order valence-corrected chi connectivity index (χ0v) is 7.32. The third-order valence-electron chi connectivity index (χ3n) is 0.888. The Labute approximate surface area is 69.2 Å². The predicted octanol–water partition coefficient (Wildman–Crippen LogP) is 0.759. The molecule has 0 aliphatic carbocycles. The van der Waals surface area contributed by atoms with E-state index in [4.69, 9.17) is 0 Å². The van der Waals surface area contributed by atoms with Crippen LogP contribution in [0.5, 0.6) is 0 Å². The zero-order chi connectivity index (χ0) is 7.02. The first-order chi connectivity index (χ1) is 4.13. The van der Waals surface area contributed by atoms with Crippen molar-refractivity contribution in [1.82, 2.24) is 0 Å². The highest BCUT2D eigenvalue weighted by Gasteiger charge is 2.28. The summed E-state index contributed by atoms with van der Waals surface area (Å²) in [6, 6.07) is 0. The average molecular weight is 251 g/mol. The van der Waals surface area contributed by atoms with Crippen molar-refractivity contribution >= 4 is 50.5 Å². The van der Waals surface area contributed by atoms with Gasteiger partial charge in [-0.15, -0.1) is 0 Å². The number of hydrogen-bond donors (Lipinski definition) is 0. The molecule has 0 N–H and O–H groups in total. The molecule has 0 aromatic rings. The number of allylic oxidation sites excluding steroid dienone is 2. The molecule has 1 rings (SSSR count). The molecule has 0 saturated heterocycles.